The number of nitrogens with zero attached hydrogens (tertiary/aromatic N) is 26. The van der Waals surface area contributed by atoms with Crippen molar-refractivity contribution in [2.45, 2.75) is 104 Å². The standard InChI is InChI=1S/C24H27N5O3S.C22H16ClN7O2S.C21H22N6O3.C19H19N5O3S.C17H13FN4O2S/c1-31-18-6-4-16(5-7-18)14-28-23-20(21-25-15-26-29(21)24(28)30)19-3-2-10-27(22(19)33-23)13-17-8-11-32-12-9-17;23-14-3-1-13(2-4-14)10-29-21-18(19-26-12-27-30(19)22(29)32)15-5-8-28(11-17(15)33-21)20(31)16-9-24-6-7-25-16;1-29-17-4-2-15(3-5-17)13-26-19-18(20-23-14-24-27(20)21(26)28)10-16(11-22-19)12-25-6-8-30-9-7-25;1-26-13-6-5-11(8-14(13)27-2)9-23-18-15(12-4-3-7-20-17(12)28-18)16-21-10-22-24(16)19(23)25;18-11-3-1-10(2-4-11)7-21-16-14(12-5-6-24-8-13(12)25-16)15-19-9-20-22(15)17(21)23/h4-7,15,17H,2-3,8-14H2,1H3;1-4,6-7,9,12H,5,8,10-11H2;2-5,10-11,14H,6-9,12-13H2,1H3;5-6,8,10,20H,3-4,7,9H2,1-2H3;1-4,9H,5-8H2. The molecule has 0 atom stereocenters. The van der Waals surface area contributed by atoms with Crippen molar-refractivity contribution in [3.8, 4) is 23.0 Å². The maximum atomic E-state index is 13.4. The van der Waals surface area contributed by atoms with Gasteiger partial charge in [0.05, 0.1) is 137 Å². The summed E-state index contributed by atoms with van der Waals surface area (Å²) in [7, 11) is 6.49. The van der Waals surface area contributed by atoms with E-state index in [2.05, 4.69) is 86.5 Å². The molecule has 1 amide bonds. The molecule has 40 nitrogen and oxygen atoms in total. The number of anilines is 2. The van der Waals surface area contributed by atoms with Crippen LogP contribution in [0.5, 0.6) is 23.0 Å². The van der Waals surface area contributed by atoms with Crippen LogP contribution in [0.3, 0.4) is 0 Å². The number of morpholine rings is 1. The third kappa shape index (κ3) is 18.9. The lowest BCUT2D eigenvalue weighted by Gasteiger charge is -2.33. The topological polar surface area (TPSA) is 403 Å². The molecule has 5 aromatic carbocycles. The summed E-state index contributed by atoms with van der Waals surface area (Å²) >= 11 is 12.5. The molecule has 6 aliphatic rings. The first-order chi connectivity index (χ1) is 73.0. The van der Waals surface area contributed by atoms with Crippen molar-refractivity contribution in [3.05, 3.63) is 312 Å². The number of aryl methyl sites for hydroxylation is 2. The van der Waals surface area contributed by atoms with Gasteiger partial charge in [0, 0.05) is 92.4 Å². The summed E-state index contributed by atoms with van der Waals surface area (Å²) in [6.45, 7) is 13.1. The average molecular weight is 2100 g/mol. The lowest BCUT2D eigenvalue weighted by Crippen LogP contribution is -2.35. The molecule has 1 N–H and O–H groups in total. The normalized spacial score (nSPS) is 14.8. The Morgan fingerprint density at radius 1 is 0.436 bits per heavy atom. The first-order valence-corrected chi connectivity index (χ1v) is 52.3. The summed E-state index contributed by atoms with van der Waals surface area (Å²) in [5, 5.41) is 32.2. The Morgan fingerprint density at radius 3 is 1.51 bits per heavy atom. The maximum Gasteiger partial charge on any atom is 0.352 e. The number of ether oxygens (including phenoxy) is 7. The van der Waals surface area contributed by atoms with Gasteiger partial charge < -0.3 is 48.3 Å². The second kappa shape index (κ2) is 42.0. The van der Waals surface area contributed by atoms with Crippen LogP contribution in [0.15, 0.2) is 202 Å². The molecule has 2 saturated heterocycles. The molecule has 6 aliphatic heterocycles. The van der Waals surface area contributed by atoms with Crippen LogP contribution in [-0.4, -0.2) is 227 Å². The molecule has 0 saturated carbocycles. The van der Waals surface area contributed by atoms with E-state index in [0.29, 0.717) is 127 Å². The number of aromatic nitrogens is 23. The van der Waals surface area contributed by atoms with Crippen molar-refractivity contribution in [1.82, 2.24) is 121 Å². The lowest BCUT2D eigenvalue weighted by atomic mass is 9.98. The highest BCUT2D eigenvalue weighted by molar-refractivity contribution is 7.23. The van der Waals surface area contributed by atoms with Crippen molar-refractivity contribution in [1.29, 1.82) is 0 Å². The molecule has 46 heteroatoms. The predicted octanol–water partition coefficient (Wildman–Crippen LogP) is 12.4. The zero-order valence-electron chi connectivity index (χ0n) is 81.2. The molecule has 21 aromatic rings. The number of halogens is 2. The molecule has 0 aliphatic carbocycles. The molecule has 22 heterocycles. The van der Waals surface area contributed by atoms with E-state index in [-0.39, 0.29) is 40.2 Å². The number of rotatable bonds is 19. The summed E-state index contributed by atoms with van der Waals surface area (Å²) in [4.78, 5) is 126. The van der Waals surface area contributed by atoms with Crippen LogP contribution < -0.4 is 57.6 Å². The van der Waals surface area contributed by atoms with Crippen LogP contribution in [0.4, 0.5) is 14.4 Å². The van der Waals surface area contributed by atoms with Gasteiger partial charge in [-0.15, -0.1) is 22.7 Å². The summed E-state index contributed by atoms with van der Waals surface area (Å²) in [5.74, 6) is 3.08. The third-order valence-electron chi connectivity index (χ3n) is 27.6. The van der Waals surface area contributed by atoms with Gasteiger partial charge in [0.15, 0.2) is 39.7 Å². The Kier molecular flexibility index (Phi) is 27.3. The summed E-state index contributed by atoms with van der Waals surface area (Å²) in [6.07, 6.45) is 21.4. The molecule has 0 unspecified atom stereocenters. The minimum absolute atomic E-state index is 0.152. The summed E-state index contributed by atoms with van der Waals surface area (Å²) < 4.78 is 66.5. The van der Waals surface area contributed by atoms with Crippen LogP contribution in [0.2, 0.25) is 5.02 Å². The Labute approximate surface area is 866 Å². The summed E-state index contributed by atoms with van der Waals surface area (Å²) in [6, 6.07) is 36.9. The zero-order chi connectivity index (χ0) is 102. The predicted molar refractivity (Wildman–Crippen MR) is 563 cm³/mol. The molecule has 2 fully saturated rings. The van der Waals surface area contributed by atoms with Crippen LogP contribution in [0.1, 0.15) is 102 Å². The minimum atomic E-state index is -0.295. The number of carbonyl (C=O) groups excluding carboxylic acids is 1. The SMILES string of the molecule is COc1ccc(Cn2c(=O)n3ncnc3c3c4c(sc32)N(CC2CCOCC2)CCC4)cc1.COc1ccc(Cn2c(=O)n3ncnc3c3c4c(sc32)NCCC4)cc1OC.COc1ccc(Cn2c(=O)n3ncnc3c3cc(CN4CCOCC4)cnc32)cc1.O=C(c1cnccn1)N1CCc2c(sc3c2c2ncnn2c(=O)n3Cc2ccc(Cl)cc2)C1.O=c1n(Cc2ccc(F)cc2)c2sc3c(c2c2ncnn12)CCOC3. The first kappa shape index (κ1) is 96.9. The number of nitrogens with one attached hydrogen (secondary N) is 1. The van der Waals surface area contributed by atoms with E-state index in [0.717, 1.165) is 222 Å². The van der Waals surface area contributed by atoms with E-state index in [1.807, 2.05) is 102 Å². The number of methoxy groups -OCH3 is 4. The number of hydrogen-bond acceptors (Lipinski definition) is 33. The molecule has 0 spiro atoms. The van der Waals surface area contributed by atoms with Gasteiger partial charge in [-0.25, -0.2) is 63.3 Å². The first-order valence-electron chi connectivity index (χ1n) is 48.6. The number of benzene rings is 5. The molecular formula is C103H97ClFN27O13S4. The Hall–Kier alpha value is -15.5. The second-order valence-electron chi connectivity index (χ2n) is 36.6. The molecule has 16 aromatic heterocycles. The van der Waals surface area contributed by atoms with Gasteiger partial charge >= 0.3 is 28.4 Å². The molecular weight excluding hydrogens is 2010 g/mol. The number of fused-ring (bicyclic) bond motifs is 23. The van der Waals surface area contributed by atoms with E-state index in [1.54, 1.807) is 104 Å². The number of hydrogen-bond donors (Lipinski definition) is 1. The monoisotopic (exact) mass is 2100 g/mol. The van der Waals surface area contributed by atoms with Crippen molar-refractivity contribution in [3.63, 3.8) is 0 Å². The largest absolute Gasteiger partial charge is 0.497 e. The highest BCUT2D eigenvalue weighted by atomic mass is 35.5. The second-order valence-corrected chi connectivity index (χ2v) is 41.2. The van der Waals surface area contributed by atoms with Crippen molar-refractivity contribution < 1.29 is 42.3 Å². The number of pyridine rings is 1. The molecule has 0 radical (unpaired) electrons. The smallest absolute Gasteiger partial charge is 0.352 e. The number of thiophene rings is 4. The molecule has 760 valence electrons. The Morgan fingerprint density at radius 2 is 0.933 bits per heavy atom. The van der Waals surface area contributed by atoms with Crippen LogP contribution in [0.25, 0.3) is 80.1 Å². The van der Waals surface area contributed by atoms with Crippen molar-refractivity contribution >= 4 is 153 Å². The van der Waals surface area contributed by atoms with Crippen LogP contribution in [-0.2, 0) is 92.3 Å². The fraction of sp³-hybridized carbons (Fsp3) is 0.311. The van der Waals surface area contributed by atoms with Gasteiger partial charge in [-0.1, -0.05) is 88.9 Å². The van der Waals surface area contributed by atoms with Gasteiger partial charge in [-0.2, -0.15) is 48.1 Å². The average Bonchev–Trinajstić information content (AvgIpc) is 1.68. The van der Waals surface area contributed by atoms with Gasteiger partial charge in [-0.3, -0.25) is 37.5 Å². The van der Waals surface area contributed by atoms with Gasteiger partial charge in [0.1, 0.15) is 79.6 Å². The van der Waals surface area contributed by atoms with Crippen molar-refractivity contribution in [2.24, 2.45) is 5.92 Å². The highest BCUT2D eigenvalue weighted by Crippen LogP contribution is 2.46. The molecule has 27 rings (SSSR count). The van der Waals surface area contributed by atoms with Crippen LogP contribution in [0, 0.1) is 11.7 Å². The van der Waals surface area contributed by atoms with E-state index in [9.17, 15) is 33.2 Å². The fourth-order valence-electron chi connectivity index (χ4n) is 20.2. The summed E-state index contributed by atoms with van der Waals surface area (Å²) in [5.41, 5.74) is 13.5. The quantitative estimate of drug-likeness (QED) is 0.0785. The van der Waals surface area contributed by atoms with Crippen LogP contribution >= 0.6 is 56.9 Å². The highest BCUT2D eigenvalue weighted by Gasteiger charge is 2.34. The van der Waals surface area contributed by atoms with E-state index >= 15 is 0 Å². The Balaban J connectivity index is 0.000000103. The number of carbonyl (C=O) groups is 1. The van der Waals surface area contributed by atoms with E-state index < -0.39 is 0 Å². The van der Waals surface area contributed by atoms with Gasteiger partial charge in [0.2, 0.25) is 0 Å². The van der Waals surface area contributed by atoms with Crippen molar-refractivity contribution in [2.75, 3.05) is 111 Å². The van der Waals surface area contributed by atoms with Gasteiger partial charge in [0.25, 0.3) is 5.91 Å². The van der Waals surface area contributed by atoms with E-state index in [4.69, 9.17) is 44.8 Å². The zero-order valence-corrected chi connectivity index (χ0v) is 85.3. The fourth-order valence-corrected chi connectivity index (χ4v) is 25.6. The van der Waals surface area contributed by atoms with Gasteiger partial charge in [-0.05, 0) is 180 Å². The Bertz CT molecular complexity index is 8970. The maximum absolute atomic E-state index is 13.4. The lowest BCUT2D eigenvalue weighted by molar-refractivity contribution is 0.0341. The molecule has 149 heavy (non-hydrogen) atoms. The third-order valence-corrected chi connectivity index (χ3v) is 32.9. The molecule has 0 bridgehead atoms. The number of amides is 1. The van der Waals surface area contributed by atoms with E-state index in [1.165, 1.54) is 112 Å². The minimum Gasteiger partial charge on any atom is -0.497 e.